The highest BCUT2D eigenvalue weighted by Gasteiger charge is 2.17. The third kappa shape index (κ3) is 3.79. The monoisotopic (exact) mass is 296 g/mol. The molecule has 1 aromatic rings. The molecule has 0 fully saturated rings. The fraction of sp³-hybridized carbons (Fsp3) is 0.308. The van der Waals surface area contributed by atoms with E-state index in [2.05, 4.69) is 10.3 Å². The fourth-order valence-corrected chi connectivity index (χ4v) is 1.93. The molecule has 7 heteroatoms. The van der Waals surface area contributed by atoms with Crippen molar-refractivity contribution in [3.63, 3.8) is 0 Å². The Morgan fingerprint density at radius 1 is 1.50 bits per heavy atom. The van der Waals surface area contributed by atoms with Crippen LogP contribution in [0, 0.1) is 0 Å². The summed E-state index contributed by atoms with van der Waals surface area (Å²) < 4.78 is 0. The first kappa shape index (κ1) is 16.1. The minimum atomic E-state index is -0.458. The summed E-state index contributed by atoms with van der Waals surface area (Å²) in [5.41, 5.74) is 7.37. The summed E-state index contributed by atoms with van der Waals surface area (Å²) in [6, 6.07) is 1.90. The molecule has 0 spiro atoms. The predicted molar refractivity (Wildman–Crippen MR) is 79.3 cm³/mol. The largest absolute Gasteiger partial charge is 0.366 e. The first-order valence-corrected chi connectivity index (χ1v) is 5.91. The minimum absolute atomic E-state index is 0. The van der Waals surface area contributed by atoms with E-state index in [1.807, 2.05) is 18.0 Å². The zero-order valence-electron chi connectivity index (χ0n) is 11.3. The Morgan fingerprint density at radius 3 is 2.85 bits per heavy atom. The van der Waals surface area contributed by atoms with Gasteiger partial charge in [0.1, 0.15) is 5.82 Å². The molecule has 20 heavy (non-hydrogen) atoms. The van der Waals surface area contributed by atoms with E-state index in [0.29, 0.717) is 24.5 Å². The molecule has 3 N–H and O–H groups in total. The number of carbonyl (C=O) groups is 2. The molecule has 1 aromatic heterocycles. The molecule has 2 heterocycles. The van der Waals surface area contributed by atoms with Crippen molar-refractivity contribution in [1.82, 2.24) is 9.88 Å². The number of aromatic nitrogens is 1. The molecule has 0 saturated carbocycles. The Bertz CT molecular complexity index is 571. The van der Waals surface area contributed by atoms with E-state index < -0.39 is 5.91 Å². The Morgan fingerprint density at radius 2 is 2.20 bits per heavy atom. The summed E-state index contributed by atoms with van der Waals surface area (Å²) in [6.45, 7) is 2.61. The number of pyridine rings is 1. The lowest BCUT2D eigenvalue weighted by Crippen LogP contribution is -2.26. The first-order chi connectivity index (χ1) is 8.95. The lowest BCUT2D eigenvalue weighted by atomic mass is 10.1. The molecule has 0 aliphatic carbocycles. The number of fused-ring (bicyclic) bond motifs is 1. The van der Waals surface area contributed by atoms with Crippen molar-refractivity contribution in [1.29, 1.82) is 0 Å². The van der Waals surface area contributed by atoms with E-state index in [0.717, 1.165) is 11.1 Å². The van der Waals surface area contributed by atoms with Gasteiger partial charge in [0, 0.05) is 23.9 Å². The van der Waals surface area contributed by atoms with Gasteiger partial charge in [-0.3, -0.25) is 14.5 Å². The van der Waals surface area contributed by atoms with Crippen LogP contribution in [0.1, 0.15) is 18.1 Å². The lowest BCUT2D eigenvalue weighted by Gasteiger charge is -2.11. The third-order valence-corrected chi connectivity index (χ3v) is 2.87. The third-order valence-electron chi connectivity index (χ3n) is 2.87. The predicted octanol–water partition coefficient (Wildman–Crippen LogP) is 0.776. The van der Waals surface area contributed by atoms with Crippen molar-refractivity contribution >= 4 is 36.1 Å². The number of hydrogen-bond donors (Lipinski definition) is 2. The van der Waals surface area contributed by atoms with Crippen LogP contribution < -0.4 is 11.1 Å². The number of carbonyl (C=O) groups excluding carboxylic acids is 2. The topological polar surface area (TPSA) is 88.3 Å². The molecule has 0 saturated heterocycles. The van der Waals surface area contributed by atoms with Crippen molar-refractivity contribution in [2.75, 3.05) is 18.9 Å². The van der Waals surface area contributed by atoms with E-state index in [-0.39, 0.29) is 18.3 Å². The maximum absolute atomic E-state index is 11.5. The van der Waals surface area contributed by atoms with Gasteiger partial charge in [-0.2, -0.15) is 0 Å². The second kappa shape index (κ2) is 6.49. The van der Waals surface area contributed by atoms with Crippen LogP contribution in [-0.2, 0) is 16.1 Å². The Labute approximate surface area is 123 Å². The van der Waals surface area contributed by atoms with Gasteiger partial charge in [-0.1, -0.05) is 0 Å². The maximum atomic E-state index is 11.5. The zero-order valence-corrected chi connectivity index (χ0v) is 12.2. The van der Waals surface area contributed by atoms with E-state index in [9.17, 15) is 9.59 Å². The van der Waals surface area contributed by atoms with Gasteiger partial charge in [0.05, 0.1) is 6.54 Å². The van der Waals surface area contributed by atoms with Crippen LogP contribution in [0.2, 0.25) is 0 Å². The van der Waals surface area contributed by atoms with Crippen molar-refractivity contribution in [2.45, 2.75) is 13.5 Å². The average Bonchev–Trinajstić information content (AvgIpc) is 2.45. The van der Waals surface area contributed by atoms with E-state index in [1.165, 1.54) is 0 Å². The normalized spacial score (nSPS) is 15.7. The van der Waals surface area contributed by atoms with E-state index >= 15 is 0 Å². The Hall–Kier alpha value is -1.92. The van der Waals surface area contributed by atoms with Crippen LogP contribution in [0.4, 0.5) is 5.82 Å². The molecular formula is C13H17ClN4O2. The SMILES string of the molecule is CC(=Cc1cnc2c(c1)CN(C)CC(=O)N2)C(N)=O.Cl. The molecule has 2 rings (SSSR count). The number of primary amides is 1. The van der Waals surface area contributed by atoms with Crippen LogP contribution in [0.25, 0.3) is 6.08 Å². The van der Waals surface area contributed by atoms with Gasteiger partial charge in [-0.15, -0.1) is 12.4 Å². The Kier molecular flexibility index (Phi) is 5.24. The second-order valence-corrected chi connectivity index (χ2v) is 4.69. The number of likely N-dealkylation sites (N-methyl/N-ethyl adjacent to an activating group) is 1. The molecule has 108 valence electrons. The molecule has 0 atom stereocenters. The molecule has 1 aliphatic rings. The summed E-state index contributed by atoms with van der Waals surface area (Å²) in [5, 5.41) is 2.75. The molecule has 0 bridgehead atoms. The Balaban J connectivity index is 0.00000200. The highest BCUT2D eigenvalue weighted by molar-refractivity contribution is 5.96. The smallest absolute Gasteiger partial charge is 0.244 e. The fourth-order valence-electron chi connectivity index (χ4n) is 1.93. The summed E-state index contributed by atoms with van der Waals surface area (Å²) in [7, 11) is 1.87. The minimum Gasteiger partial charge on any atom is -0.366 e. The van der Waals surface area contributed by atoms with Gasteiger partial charge in [0.15, 0.2) is 0 Å². The molecule has 0 radical (unpaired) electrons. The van der Waals surface area contributed by atoms with Crippen LogP contribution in [0.15, 0.2) is 17.8 Å². The second-order valence-electron chi connectivity index (χ2n) is 4.69. The molecule has 0 unspecified atom stereocenters. The number of hydrogen-bond acceptors (Lipinski definition) is 4. The molecule has 0 aromatic carbocycles. The lowest BCUT2D eigenvalue weighted by molar-refractivity contribution is -0.117. The standard InChI is InChI=1S/C13H16N4O2.ClH/c1-8(12(14)19)3-9-4-10-6-17(2)7-11(18)16-13(10)15-5-9;/h3-5H,6-7H2,1-2H3,(H2,14,19)(H,15,16,18);1H. The van der Waals surface area contributed by atoms with E-state index in [1.54, 1.807) is 19.2 Å². The van der Waals surface area contributed by atoms with Crippen LogP contribution in [-0.4, -0.2) is 35.3 Å². The van der Waals surface area contributed by atoms with Crippen LogP contribution in [0.5, 0.6) is 0 Å². The van der Waals surface area contributed by atoms with Gasteiger partial charge in [-0.05, 0) is 31.7 Å². The van der Waals surface area contributed by atoms with Gasteiger partial charge in [0.25, 0.3) is 0 Å². The van der Waals surface area contributed by atoms with Crippen LogP contribution >= 0.6 is 12.4 Å². The number of nitrogens with one attached hydrogen (secondary N) is 1. The van der Waals surface area contributed by atoms with Crippen molar-refractivity contribution < 1.29 is 9.59 Å². The van der Waals surface area contributed by atoms with Gasteiger partial charge >= 0.3 is 0 Å². The zero-order chi connectivity index (χ0) is 14.0. The summed E-state index contributed by atoms with van der Waals surface area (Å²) >= 11 is 0. The van der Waals surface area contributed by atoms with Gasteiger partial charge in [0.2, 0.25) is 11.8 Å². The summed E-state index contributed by atoms with van der Waals surface area (Å²) in [6.07, 6.45) is 3.29. The molecule has 2 amide bonds. The molecule has 6 nitrogen and oxygen atoms in total. The number of rotatable bonds is 2. The summed E-state index contributed by atoms with van der Waals surface area (Å²) in [5.74, 6) is 0.0361. The number of halogens is 1. The number of nitrogens with two attached hydrogens (primary N) is 1. The highest BCUT2D eigenvalue weighted by atomic mass is 35.5. The maximum Gasteiger partial charge on any atom is 0.244 e. The molecule has 1 aliphatic heterocycles. The highest BCUT2D eigenvalue weighted by Crippen LogP contribution is 2.20. The van der Waals surface area contributed by atoms with Crippen LogP contribution in [0.3, 0.4) is 0 Å². The van der Waals surface area contributed by atoms with E-state index in [4.69, 9.17) is 5.73 Å². The van der Waals surface area contributed by atoms with Crippen molar-refractivity contribution in [3.8, 4) is 0 Å². The number of amides is 2. The first-order valence-electron chi connectivity index (χ1n) is 5.91. The average molecular weight is 297 g/mol. The van der Waals surface area contributed by atoms with Gasteiger partial charge < -0.3 is 11.1 Å². The summed E-state index contributed by atoms with van der Waals surface area (Å²) in [4.78, 5) is 28.7. The van der Waals surface area contributed by atoms with Crippen molar-refractivity contribution in [2.24, 2.45) is 5.73 Å². The molecular weight excluding hydrogens is 280 g/mol. The van der Waals surface area contributed by atoms with Gasteiger partial charge in [-0.25, -0.2) is 4.98 Å². The van der Waals surface area contributed by atoms with Crippen molar-refractivity contribution in [3.05, 3.63) is 29.0 Å². The quantitative estimate of drug-likeness (QED) is 0.789. The number of nitrogens with zero attached hydrogens (tertiary/aromatic N) is 2. The number of anilines is 1.